The number of aromatic nitrogens is 4. The molecule has 0 aliphatic carbocycles. The molecule has 1 aliphatic rings. The van der Waals surface area contributed by atoms with Crippen LogP contribution < -0.4 is 10.6 Å². The minimum Gasteiger partial charge on any atom is -0.365 e. The van der Waals surface area contributed by atoms with Gasteiger partial charge in [0.15, 0.2) is 4.96 Å². The molecule has 0 saturated carbocycles. The third-order valence-electron chi connectivity index (χ3n) is 4.24. The third-order valence-corrected chi connectivity index (χ3v) is 5.15. The average molecular weight is 328 g/mol. The molecule has 2 N–H and O–H groups in total. The van der Waals surface area contributed by atoms with Gasteiger partial charge in [-0.25, -0.2) is 9.97 Å². The minimum atomic E-state index is 0.407. The van der Waals surface area contributed by atoms with Gasteiger partial charge in [0.25, 0.3) is 0 Å². The van der Waals surface area contributed by atoms with E-state index in [1.807, 2.05) is 6.20 Å². The van der Waals surface area contributed by atoms with E-state index < -0.39 is 0 Å². The van der Waals surface area contributed by atoms with E-state index in [1.54, 1.807) is 23.7 Å². The van der Waals surface area contributed by atoms with Crippen LogP contribution in [0.15, 0.2) is 24.8 Å². The molecule has 1 fully saturated rings. The van der Waals surface area contributed by atoms with Crippen molar-refractivity contribution in [2.75, 3.05) is 11.9 Å². The molecule has 0 amide bonds. The van der Waals surface area contributed by atoms with Crippen molar-refractivity contribution in [1.29, 1.82) is 0 Å². The molecule has 0 radical (unpaired) electrons. The van der Waals surface area contributed by atoms with E-state index in [0.717, 1.165) is 35.1 Å². The first-order valence-corrected chi connectivity index (χ1v) is 8.76. The van der Waals surface area contributed by atoms with Gasteiger partial charge >= 0.3 is 0 Å². The lowest BCUT2D eigenvalue weighted by atomic mass is 10.0. The van der Waals surface area contributed by atoms with Crippen molar-refractivity contribution in [2.45, 2.75) is 38.8 Å². The summed E-state index contributed by atoms with van der Waals surface area (Å²) in [5.74, 6) is 0.825. The number of hydrogen-bond acceptors (Lipinski definition) is 6. The van der Waals surface area contributed by atoms with E-state index >= 15 is 0 Å². The molecule has 6 nitrogen and oxygen atoms in total. The van der Waals surface area contributed by atoms with Gasteiger partial charge in [-0.05, 0) is 26.7 Å². The first-order valence-electron chi connectivity index (χ1n) is 7.95. The molecule has 0 aromatic carbocycles. The summed E-state index contributed by atoms with van der Waals surface area (Å²) in [5.41, 5.74) is 1.83. The molecule has 2 atom stereocenters. The molecule has 0 spiro atoms. The summed E-state index contributed by atoms with van der Waals surface area (Å²) >= 11 is 1.68. The van der Waals surface area contributed by atoms with Gasteiger partial charge < -0.3 is 10.6 Å². The van der Waals surface area contributed by atoms with E-state index in [-0.39, 0.29) is 0 Å². The number of piperidine rings is 1. The lowest BCUT2D eigenvalue weighted by Crippen LogP contribution is -2.43. The topological polar surface area (TPSA) is 67.1 Å². The number of rotatable bonds is 3. The lowest BCUT2D eigenvalue weighted by molar-refractivity contribution is 0.398. The van der Waals surface area contributed by atoms with Gasteiger partial charge in [0, 0.05) is 29.7 Å². The second kappa shape index (κ2) is 5.90. The maximum absolute atomic E-state index is 4.73. The van der Waals surface area contributed by atoms with Crippen LogP contribution in [0, 0.1) is 6.92 Å². The van der Waals surface area contributed by atoms with E-state index in [0.29, 0.717) is 12.1 Å². The van der Waals surface area contributed by atoms with Crippen LogP contribution in [0.5, 0.6) is 0 Å². The molecular weight excluding hydrogens is 308 g/mol. The number of nitrogens with one attached hydrogen (secondary N) is 2. The fourth-order valence-corrected chi connectivity index (χ4v) is 3.78. The van der Waals surface area contributed by atoms with Gasteiger partial charge in [-0.1, -0.05) is 0 Å². The molecule has 3 aromatic rings. The van der Waals surface area contributed by atoms with Crippen molar-refractivity contribution in [1.82, 2.24) is 24.7 Å². The molecule has 0 bridgehead atoms. The first kappa shape index (κ1) is 14.6. The molecule has 1 aliphatic heterocycles. The van der Waals surface area contributed by atoms with Crippen molar-refractivity contribution in [3.63, 3.8) is 0 Å². The van der Waals surface area contributed by atoms with E-state index in [2.05, 4.69) is 45.0 Å². The monoisotopic (exact) mass is 328 g/mol. The van der Waals surface area contributed by atoms with Gasteiger partial charge in [-0.15, -0.1) is 11.3 Å². The van der Waals surface area contributed by atoms with E-state index in [1.165, 1.54) is 11.3 Å². The Balaban J connectivity index is 1.58. The Morgan fingerprint density at radius 2 is 2.22 bits per heavy atom. The number of anilines is 1. The average Bonchev–Trinajstić information content (AvgIpc) is 3.09. The third kappa shape index (κ3) is 2.94. The molecule has 0 unspecified atom stereocenters. The van der Waals surface area contributed by atoms with Crippen LogP contribution in [0.4, 0.5) is 5.82 Å². The maximum Gasteiger partial charge on any atom is 0.194 e. The zero-order valence-corrected chi connectivity index (χ0v) is 14.1. The second-order valence-corrected chi connectivity index (χ2v) is 7.37. The predicted octanol–water partition coefficient (Wildman–Crippen LogP) is 2.71. The highest BCUT2D eigenvalue weighted by molar-refractivity contribution is 7.17. The number of imidazole rings is 1. The minimum absolute atomic E-state index is 0.407. The normalized spacial score (nSPS) is 21.7. The Bertz CT molecular complexity index is 815. The molecule has 120 valence electrons. The van der Waals surface area contributed by atoms with E-state index in [9.17, 15) is 0 Å². The Morgan fingerprint density at radius 1 is 1.30 bits per heavy atom. The summed E-state index contributed by atoms with van der Waals surface area (Å²) < 4.78 is 2.08. The second-order valence-electron chi connectivity index (χ2n) is 6.16. The first-order chi connectivity index (χ1) is 11.2. The number of fused-ring (bicyclic) bond motifs is 1. The molecular formula is C16H20N6S. The molecule has 3 aromatic heterocycles. The molecule has 4 heterocycles. The molecule has 4 rings (SSSR count). The zero-order valence-electron chi connectivity index (χ0n) is 13.3. The Hall–Kier alpha value is -1.99. The van der Waals surface area contributed by atoms with Crippen LogP contribution in [0.1, 0.15) is 24.6 Å². The van der Waals surface area contributed by atoms with Crippen molar-refractivity contribution < 1.29 is 0 Å². The van der Waals surface area contributed by atoms with Crippen molar-refractivity contribution in [3.8, 4) is 11.4 Å². The summed E-state index contributed by atoms with van der Waals surface area (Å²) in [5, 5.41) is 6.99. The van der Waals surface area contributed by atoms with Crippen LogP contribution in [0.3, 0.4) is 0 Å². The summed E-state index contributed by atoms with van der Waals surface area (Å²) in [7, 11) is 0. The van der Waals surface area contributed by atoms with Crippen molar-refractivity contribution in [3.05, 3.63) is 29.7 Å². The van der Waals surface area contributed by atoms with E-state index in [4.69, 9.17) is 4.98 Å². The van der Waals surface area contributed by atoms with Crippen LogP contribution in [0.2, 0.25) is 0 Å². The van der Waals surface area contributed by atoms with Gasteiger partial charge in [0.1, 0.15) is 11.5 Å². The van der Waals surface area contributed by atoms with Gasteiger partial charge in [-0.3, -0.25) is 9.38 Å². The predicted molar refractivity (Wildman–Crippen MR) is 92.9 cm³/mol. The standard InChI is InChI=1S/C16H20N6S/c1-10-3-4-12(5-18-10)20-15-8-17-6-13(21-15)14-7-19-16-22(14)9-11(2)23-16/h6-10,12,18H,3-5H2,1-2H3,(H,20,21)/t10-,12-/m1/s1. The van der Waals surface area contributed by atoms with Crippen LogP contribution in [-0.4, -0.2) is 38.0 Å². The summed E-state index contributed by atoms with van der Waals surface area (Å²) in [6, 6.07) is 1.01. The highest BCUT2D eigenvalue weighted by Gasteiger charge is 2.18. The molecule has 7 heteroatoms. The maximum atomic E-state index is 4.73. The Kier molecular flexibility index (Phi) is 3.74. The Labute approximate surface area is 139 Å². The SMILES string of the molecule is Cc1cn2c(-c3cncc(N[C@@H]4CC[C@@H](C)NC4)n3)cnc2s1. The molecule has 23 heavy (non-hydrogen) atoms. The smallest absolute Gasteiger partial charge is 0.194 e. The zero-order chi connectivity index (χ0) is 15.8. The highest BCUT2D eigenvalue weighted by atomic mass is 32.1. The Morgan fingerprint density at radius 3 is 3.04 bits per heavy atom. The number of nitrogens with zero attached hydrogens (tertiary/aromatic N) is 4. The van der Waals surface area contributed by atoms with Crippen molar-refractivity contribution in [2.24, 2.45) is 0 Å². The largest absolute Gasteiger partial charge is 0.365 e. The van der Waals surface area contributed by atoms with Gasteiger partial charge in [0.05, 0.1) is 24.3 Å². The fourth-order valence-electron chi connectivity index (χ4n) is 2.98. The summed E-state index contributed by atoms with van der Waals surface area (Å²) in [6.45, 7) is 5.28. The van der Waals surface area contributed by atoms with Gasteiger partial charge in [-0.2, -0.15) is 0 Å². The summed E-state index contributed by atoms with van der Waals surface area (Å²) in [4.78, 5) is 15.8. The van der Waals surface area contributed by atoms with Crippen LogP contribution in [0.25, 0.3) is 16.3 Å². The lowest BCUT2D eigenvalue weighted by Gasteiger charge is -2.28. The highest BCUT2D eigenvalue weighted by Crippen LogP contribution is 2.24. The van der Waals surface area contributed by atoms with Crippen LogP contribution in [-0.2, 0) is 0 Å². The quantitative estimate of drug-likeness (QED) is 0.774. The van der Waals surface area contributed by atoms with Crippen molar-refractivity contribution >= 4 is 22.1 Å². The number of hydrogen-bond donors (Lipinski definition) is 2. The number of thiazole rings is 1. The molecule has 1 saturated heterocycles. The fraction of sp³-hybridized carbons (Fsp3) is 0.438. The summed E-state index contributed by atoms with van der Waals surface area (Å²) in [6.07, 6.45) is 9.88. The van der Waals surface area contributed by atoms with Crippen LogP contribution >= 0.6 is 11.3 Å². The number of aryl methyl sites for hydroxylation is 1. The van der Waals surface area contributed by atoms with Gasteiger partial charge in [0.2, 0.25) is 0 Å².